The molecule has 0 radical (unpaired) electrons. The number of halogens is 2. The number of nitrogens with zero attached hydrogens (tertiary/aromatic N) is 1. The molecular formula is C11H9Cl2NO2. The van der Waals surface area contributed by atoms with Crippen molar-refractivity contribution in [1.82, 2.24) is 4.98 Å². The van der Waals surface area contributed by atoms with Crippen molar-refractivity contribution in [2.75, 3.05) is 7.11 Å². The maximum absolute atomic E-state index is 5.92. The van der Waals surface area contributed by atoms with E-state index in [2.05, 4.69) is 4.98 Å². The lowest BCUT2D eigenvalue weighted by Gasteiger charge is -2.05. The number of benzene rings is 1. The van der Waals surface area contributed by atoms with E-state index in [4.69, 9.17) is 32.4 Å². The largest absolute Gasteiger partial charge is 0.496 e. The number of aromatic nitrogens is 1. The van der Waals surface area contributed by atoms with Gasteiger partial charge in [-0.05, 0) is 18.2 Å². The zero-order valence-corrected chi connectivity index (χ0v) is 10.0. The van der Waals surface area contributed by atoms with Gasteiger partial charge >= 0.3 is 0 Å². The lowest BCUT2D eigenvalue weighted by Crippen LogP contribution is -1.86. The van der Waals surface area contributed by atoms with Crippen molar-refractivity contribution >= 4 is 23.2 Å². The first-order valence-electron chi connectivity index (χ1n) is 4.59. The van der Waals surface area contributed by atoms with Crippen LogP contribution in [0, 0.1) is 0 Å². The number of oxazole rings is 1. The molecule has 16 heavy (non-hydrogen) atoms. The van der Waals surface area contributed by atoms with Crippen LogP contribution in [0.5, 0.6) is 5.75 Å². The molecule has 1 aromatic heterocycles. The van der Waals surface area contributed by atoms with Gasteiger partial charge in [-0.1, -0.05) is 11.6 Å². The Hall–Kier alpha value is -1.19. The minimum atomic E-state index is 0.239. The Bertz CT molecular complexity index is 496. The Morgan fingerprint density at radius 2 is 2.25 bits per heavy atom. The van der Waals surface area contributed by atoms with Crippen LogP contribution < -0.4 is 4.74 Å². The number of rotatable bonds is 3. The molecule has 1 heterocycles. The predicted octanol–water partition coefficient (Wildman–Crippen LogP) is 3.74. The summed E-state index contributed by atoms with van der Waals surface area (Å²) >= 11 is 11.5. The summed E-state index contributed by atoms with van der Waals surface area (Å²) in [5, 5.41) is 0.611. The maximum Gasteiger partial charge on any atom is 0.209 e. The first-order valence-corrected chi connectivity index (χ1v) is 5.50. The van der Waals surface area contributed by atoms with Crippen molar-refractivity contribution in [3.05, 3.63) is 35.3 Å². The van der Waals surface area contributed by atoms with Crippen LogP contribution in [0.3, 0.4) is 0 Å². The molecule has 0 saturated carbocycles. The lowest BCUT2D eigenvalue weighted by molar-refractivity contribution is 0.414. The van der Waals surface area contributed by atoms with Crippen LogP contribution in [-0.4, -0.2) is 12.1 Å². The second-order valence-electron chi connectivity index (χ2n) is 3.10. The number of hydrogen-bond acceptors (Lipinski definition) is 3. The highest BCUT2D eigenvalue weighted by molar-refractivity contribution is 6.30. The fourth-order valence-corrected chi connectivity index (χ4v) is 1.66. The SMILES string of the molecule is COc1ccc(Cl)cc1-c1cnc(CCl)o1. The molecule has 1 aromatic carbocycles. The average Bonchev–Trinajstić information content (AvgIpc) is 2.77. The molecule has 0 spiro atoms. The molecule has 0 N–H and O–H groups in total. The molecule has 0 aliphatic rings. The molecule has 0 fully saturated rings. The molecule has 0 saturated heterocycles. The second kappa shape index (κ2) is 4.76. The monoisotopic (exact) mass is 257 g/mol. The summed E-state index contributed by atoms with van der Waals surface area (Å²) < 4.78 is 10.7. The number of alkyl halides is 1. The highest BCUT2D eigenvalue weighted by Gasteiger charge is 2.11. The van der Waals surface area contributed by atoms with E-state index in [0.717, 1.165) is 5.56 Å². The van der Waals surface area contributed by atoms with Gasteiger partial charge in [0.15, 0.2) is 5.76 Å². The minimum absolute atomic E-state index is 0.239. The summed E-state index contributed by atoms with van der Waals surface area (Å²) in [6, 6.07) is 5.29. The van der Waals surface area contributed by atoms with Crippen LogP contribution in [0.4, 0.5) is 0 Å². The van der Waals surface area contributed by atoms with Crippen LogP contribution in [-0.2, 0) is 5.88 Å². The molecule has 5 heteroatoms. The Morgan fingerprint density at radius 3 is 2.88 bits per heavy atom. The van der Waals surface area contributed by atoms with Crippen molar-refractivity contribution in [1.29, 1.82) is 0 Å². The second-order valence-corrected chi connectivity index (χ2v) is 3.80. The average molecular weight is 258 g/mol. The van der Waals surface area contributed by atoms with Gasteiger partial charge in [-0.25, -0.2) is 4.98 Å². The van der Waals surface area contributed by atoms with E-state index >= 15 is 0 Å². The fraction of sp³-hybridized carbons (Fsp3) is 0.182. The Labute approximate surface area is 103 Å². The van der Waals surface area contributed by atoms with Crippen molar-refractivity contribution < 1.29 is 9.15 Å². The predicted molar refractivity (Wildman–Crippen MR) is 63.1 cm³/mol. The van der Waals surface area contributed by atoms with E-state index in [-0.39, 0.29) is 5.88 Å². The van der Waals surface area contributed by atoms with Crippen molar-refractivity contribution in [2.45, 2.75) is 5.88 Å². The van der Waals surface area contributed by atoms with E-state index in [1.54, 1.807) is 31.5 Å². The first kappa shape index (κ1) is 11.3. The van der Waals surface area contributed by atoms with E-state index in [1.807, 2.05) is 0 Å². The summed E-state index contributed by atoms with van der Waals surface area (Å²) in [4.78, 5) is 4.02. The summed E-state index contributed by atoms with van der Waals surface area (Å²) in [5.74, 6) is 1.98. The van der Waals surface area contributed by atoms with Crippen LogP contribution in [0.15, 0.2) is 28.8 Å². The minimum Gasteiger partial charge on any atom is -0.496 e. The molecule has 0 unspecified atom stereocenters. The van der Waals surface area contributed by atoms with Gasteiger partial charge in [-0.15, -0.1) is 11.6 Å². The summed E-state index contributed by atoms with van der Waals surface area (Å²) in [5.41, 5.74) is 0.763. The normalized spacial score (nSPS) is 10.4. The summed E-state index contributed by atoms with van der Waals surface area (Å²) in [6.45, 7) is 0. The van der Waals surface area contributed by atoms with Crippen LogP contribution >= 0.6 is 23.2 Å². The van der Waals surface area contributed by atoms with Gasteiger partial charge in [0.05, 0.1) is 24.8 Å². The highest BCUT2D eigenvalue weighted by atomic mass is 35.5. The van der Waals surface area contributed by atoms with Gasteiger partial charge in [0, 0.05) is 5.02 Å². The molecular weight excluding hydrogens is 249 g/mol. The zero-order chi connectivity index (χ0) is 11.5. The Kier molecular flexibility index (Phi) is 3.36. The van der Waals surface area contributed by atoms with Crippen LogP contribution in [0.2, 0.25) is 5.02 Å². The van der Waals surface area contributed by atoms with E-state index < -0.39 is 0 Å². The van der Waals surface area contributed by atoms with Gasteiger partial charge in [0.2, 0.25) is 5.89 Å². The third-order valence-corrected chi connectivity index (χ3v) is 2.56. The summed E-state index contributed by atoms with van der Waals surface area (Å²) in [7, 11) is 1.59. The molecule has 2 aromatic rings. The molecule has 0 aliphatic heterocycles. The topological polar surface area (TPSA) is 35.3 Å². The standard InChI is InChI=1S/C11H9Cl2NO2/c1-15-9-3-2-7(13)4-8(9)10-6-14-11(5-12)16-10/h2-4,6H,5H2,1H3. The maximum atomic E-state index is 5.92. The van der Waals surface area contributed by atoms with E-state index in [1.165, 1.54) is 0 Å². The third kappa shape index (κ3) is 2.15. The Morgan fingerprint density at radius 1 is 1.44 bits per heavy atom. The molecule has 0 aliphatic carbocycles. The quantitative estimate of drug-likeness (QED) is 0.786. The van der Waals surface area contributed by atoms with Gasteiger partial charge in [-0.3, -0.25) is 0 Å². The number of methoxy groups -OCH3 is 1. The zero-order valence-electron chi connectivity index (χ0n) is 8.54. The van der Waals surface area contributed by atoms with Gasteiger partial charge in [-0.2, -0.15) is 0 Å². The summed E-state index contributed by atoms with van der Waals surface area (Å²) in [6.07, 6.45) is 1.60. The van der Waals surface area contributed by atoms with Crippen molar-refractivity contribution in [3.63, 3.8) is 0 Å². The highest BCUT2D eigenvalue weighted by Crippen LogP contribution is 2.32. The lowest BCUT2D eigenvalue weighted by atomic mass is 10.1. The Balaban J connectivity index is 2.49. The third-order valence-electron chi connectivity index (χ3n) is 2.09. The van der Waals surface area contributed by atoms with E-state index in [9.17, 15) is 0 Å². The fourth-order valence-electron chi connectivity index (χ4n) is 1.37. The van der Waals surface area contributed by atoms with Crippen LogP contribution in [0.25, 0.3) is 11.3 Å². The molecule has 0 atom stereocenters. The van der Waals surface area contributed by atoms with Gasteiger partial charge < -0.3 is 9.15 Å². The smallest absolute Gasteiger partial charge is 0.209 e. The molecule has 0 amide bonds. The van der Waals surface area contributed by atoms with E-state index in [0.29, 0.717) is 22.4 Å². The van der Waals surface area contributed by atoms with Crippen molar-refractivity contribution in [2.24, 2.45) is 0 Å². The van der Waals surface area contributed by atoms with Crippen LogP contribution in [0.1, 0.15) is 5.89 Å². The molecule has 84 valence electrons. The first-order chi connectivity index (χ1) is 7.74. The number of hydrogen-bond donors (Lipinski definition) is 0. The van der Waals surface area contributed by atoms with Crippen molar-refractivity contribution in [3.8, 4) is 17.1 Å². The number of ether oxygens (including phenoxy) is 1. The van der Waals surface area contributed by atoms with Gasteiger partial charge in [0.1, 0.15) is 5.75 Å². The molecule has 3 nitrogen and oxygen atoms in total. The molecule has 2 rings (SSSR count). The van der Waals surface area contributed by atoms with Gasteiger partial charge in [0.25, 0.3) is 0 Å². The molecule has 0 bridgehead atoms.